The molecule has 1 unspecified atom stereocenters. The number of methoxy groups -OCH3 is 2. The van der Waals surface area contributed by atoms with E-state index in [9.17, 15) is 14.7 Å². The smallest absolute Gasteiger partial charge is 0.304 e. The Morgan fingerprint density at radius 2 is 1.69 bits per heavy atom. The quantitative estimate of drug-likeness (QED) is 0.370. The van der Waals surface area contributed by atoms with Crippen molar-refractivity contribution in [2.45, 2.75) is 12.3 Å². The molecule has 2 N–H and O–H groups in total. The maximum atomic E-state index is 13.3. The molecule has 6 nitrogen and oxygen atoms in total. The Morgan fingerprint density at radius 1 is 1.03 bits per heavy atom. The van der Waals surface area contributed by atoms with E-state index >= 15 is 0 Å². The minimum atomic E-state index is -0.995. The standard InChI is InChI=1S/C23H20BrCl2NO5/c1-31-21-15-6-4-3-5-14(15)19(22(32-2)20(21)24)23(30)27-11-13(10-18(28)29)12-7-8-16(25)17(26)9-12/h3-9,13H,10-11H2,1-2H3,(H,27,30)(H,28,29). The van der Waals surface area contributed by atoms with Gasteiger partial charge in [-0.15, -0.1) is 0 Å². The number of hydrogen-bond donors (Lipinski definition) is 2. The van der Waals surface area contributed by atoms with Crippen molar-refractivity contribution < 1.29 is 24.2 Å². The first-order valence-electron chi connectivity index (χ1n) is 9.55. The summed E-state index contributed by atoms with van der Waals surface area (Å²) in [5.74, 6) is -1.04. The van der Waals surface area contributed by atoms with Gasteiger partial charge in [0.2, 0.25) is 0 Å². The molecule has 0 aliphatic heterocycles. The molecule has 0 aromatic heterocycles. The van der Waals surface area contributed by atoms with Crippen LogP contribution in [0.15, 0.2) is 46.9 Å². The molecule has 0 spiro atoms. The maximum absolute atomic E-state index is 13.3. The monoisotopic (exact) mass is 539 g/mol. The number of aliphatic carboxylic acids is 1. The number of rotatable bonds is 8. The van der Waals surface area contributed by atoms with Gasteiger partial charge in [0, 0.05) is 23.2 Å². The molecule has 1 atom stereocenters. The number of benzene rings is 3. The summed E-state index contributed by atoms with van der Waals surface area (Å²) in [5.41, 5.74) is 0.980. The lowest BCUT2D eigenvalue weighted by Crippen LogP contribution is -2.30. The summed E-state index contributed by atoms with van der Waals surface area (Å²) in [6.45, 7) is 0.0736. The third kappa shape index (κ3) is 4.95. The van der Waals surface area contributed by atoms with Crippen LogP contribution in [0.1, 0.15) is 28.3 Å². The van der Waals surface area contributed by atoms with Crippen LogP contribution in [-0.4, -0.2) is 37.7 Å². The Kier molecular flexibility index (Phi) is 7.87. The van der Waals surface area contributed by atoms with Crippen molar-refractivity contribution in [1.29, 1.82) is 0 Å². The molecule has 0 aliphatic carbocycles. The van der Waals surface area contributed by atoms with Crippen LogP contribution in [0.5, 0.6) is 11.5 Å². The van der Waals surface area contributed by atoms with Gasteiger partial charge in [0.25, 0.3) is 5.91 Å². The third-order valence-corrected chi connectivity index (χ3v) is 6.51. The Labute approximate surface area is 203 Å². The van der Waals surface area contributed by atoms with Crippen LogP contribution >= 0.6 is 39.1 Å². The molecular formula is C23H20BrCl2NO5. The predicted octanol–water partition coefficient (Wildman–Crippen LogP) is 5.91. The van der Waals surface area contributed by atoms with Crippen LogP contribution in [0.25, 0.3) is 10.8 Å². The van der Waals surface area contributed by atoms with Gasteiger partial charge in [-0.05, 0) is 33.6 Å². The number of amides is 1. The fourth-order valence-electron chi connectivity index (χ4n) is 3.56. The SMILES string of the molecule is COc1c(Br)c(OC)c2ccccc2c1C(=O)NCC(CC(=O)O)c1ccc(Cl)c(Cl)c1. The molecule has 0 fully saturated rings. The summed E-state index contributed by atoms with van der Waals surface area (Å²) < 4.78 is 11.5. The van der Waals surface area contributed by atoms with Crippen molar-refractivity contribution in [2.75, 3.05) is 20.8 Å². The summed E-state index contributed by atoms with van der Waals surface area (Å²) in [4.78, 5) is 24.7. The third-order valence-electron chi connectivity index (χ3n) is 5.05. The highest BCUT2D eigenvalue weighted by Gasteiger charge is 2.25. The van der Waals surface area contributed by atoms with Crippen LogP contribution < -0.4 is 14.8 Å². The highest BCUT2D eigenvalue weighted by Crippen LogP contribution is 2.44. The van der Waals surface area contributed by atoms with Crippen LogP contribution in [0, 0.1) is 0 Å². The molecule has 0 aliphatic rings. The maximum Gasteiger partial charge on any atom is 0.304 e. The molecule has 9 heteroatoms. The fraction of sp³-hybridized carbons (Fsp3) is 0.217. The average molecular weight is 541 g/mol. The summed E-state index contributed by atoms with van der Waals surface area (Å²) in [7, 11) is 3.01. The van der Waals surface area contributed by atoms with Crippen molar-refractivity contribution in [3.8, 4) is 11.5 Å². The highest BCUT2D eigenvalue weighted by atomic mass is 79.9. The first-order chi connectivity index (χ1) is 15.3. The van der Waals surface area contributed by atoms with E-state index < -0.39 is 17.8 Å². The number of carboxylic acids is 1. The molecule has 0 saturated carbocycles. The van der Waals surface area contributed by atoms with E-state index in [1.54, 1.807) is 31.4 Å². The normalized spacial score (nSPS) is 11.8. The van der Waals surface area contributed by atoms with Crippen LogP contribution in [0.2, 0.25) is 10.0 Å². The number of fused-ring (bicyclic) bond motifs is 1. The largest absolute Gasteiger partial charge is 0.495 e. The summed E-state index contributed by atoms with van der Waals surface area (Å²) in [5, 5.41) is 14.3. The van der Waals surface area contributed by atoms with Gasteiger partial charge in [-0.25, -0.2) is 0 Å². The second-order valence-corrected chi connectivity index (χ2v) is 8.59. The van der Waals surface area contributed by atoms with Gasteiger partial charge in [0.05, 0.1) is 36.2 Å². The number of nitrogens with one attached hydrogen (secondary N) is 1. The number of hydrogen-bond acceptors (Lipinski definition) is 4. The van der Waals surface area contributed by atoms with Gasteiger partial charge >= 0.3 is 5.97 Å². The van der Waals surface area contributed by atoms with E-state index in [-0.39, 0.29) is 13.0 Å². The van der Waals surface area contributed by atoms with Crippen LogP contribution in [0.4, 0.5) is 0 Å². The fourth-order valence-corrected chi connectivity index (χ4v) is 4.60. The molecule has 3 aromatic carbocycles. The number of ether oxygens (including phenoxy) is 2. The zero-order valence-electron chi connectivity index (χ0n) is 17.2. The Bertz CT molecular complexity index is 1180. The van der Waals surface area contributed by atoms with Gasteiger partial charge in [0.15, 0.2) is 0 Å². The number of halogens is 3. The van der Waals surface area contributed by atoms with Gasteiger partial charge in [0.1, 0.15) is 16.0 Å². The van der Waals surface area contributed by atoms with Gasteiger partial charge in [-0.1, -0.05) is 53.5 Å². The lowest BCUT2D eigenvalue weighted by molar-refractivity contribution is -0.137. The van der Waals surface area contributed by atoms with Crippen molar-refractivity contribution in [3.63, 3.8) is 0 Å². The number of carboxylic acid groups (broad SMARTS) is 1. The zero-order chi connectivity index (χ0) is 23.4. The molecule has 0 heterocycles. The molecule has 168 valence electrons. The van der Waals surface area contributed by atoms with Gasteiger partial charge in [-0.2, -0.15) is 0 Å². The van der Waals surface area contributed by atoms with Crippen molar-refractivity contribution in [3.05, 3.63) is 68.1 Å². The summed E-state index contributed by atoms with van der Waals surface area (Å²) >= 11 is 15.6. The molecule has 0 saturated heterocycles. The van der Waals surface area contributed by atoms with E-state index in [0.29, 0.717) is 42.5 Å². The van der Waals surface area contributed by atoms with Crippen LogP contribution in [0.3, 0.4) is 0 Å². The van der Waals surface area contributed by atoms with E-state index in [1.807, 2.05) is 18.2 Å². The number of carbonyl (C=O) groups is 2. The van der Waals surface area contributed by atoms with E-state index in [1.165, 1.54) is 7.11 Å². The second-order valence-electron chi connectivity index (χ2n) is 6.98. The minimum Gasteiger partial charge on any atom is -0.495 e. The Morgan fingerprint density at radius 3 is 2.28 bits per heavy atom. The van der Waals surface area contributed by atoms with E-state index in [2.05, 4.69) is 21.2 Å². The van der Waals surface area contributed by atoms with E-state index in [4.69, 9.17) is 32.7 Å². The molecule has 0 bridgehead atoms. The van der Waals surface area contributed by atoms with Gasteiger partial charge < -0.3 is 19.9 Å². The molecule has 3 rings (SSSR count). The highest BCUT2D eigenvalue weighted by molar-refractivity contribution is 9.10. The molecular weight excluding hydrogens is 521 g/mol. The van der Waals surface area contributed by atoms with Crippen molar-refractivity contribution >= 4 is 61.8 Å². The molecule has 3 aromatic rings. The van der Waals surface area contributed by atoms with E-state index in [0.717, 1.165) is 5.39 Å². The van der Waals surface area contributed by atoms with Crippen LogP contribution in [-0.2, 0) is 4.79 Å². The molecule has 0 radical (unpaired) electrons. The summed E-state index contributed by atoms with van der Waals surface area (Å²) in [6.07, 6.45) is -0.192. The first kappa shape index (κ1) is 24.2. The van der Waals surface area contributed by atoms with Crippen molar-refractivity contribution in [2.24, 2.45) is 0 Å². The zero-order valence-corrected chi connectivity index (χ0v) is 20.3. The topological polar surface area (TPSA) is 84.9 Å². The molecule has 32 heavy (non-hydrogen) atoms. The first-order valence-corrected chi connectivity index (χ1v) is 11.1. The average Bonchev–Trinajstić information content (AvgIpc) is 2.77. The lowest BCUT2D eigenvalue weighted by atomic mass is 9.95. The Hall–Kier alpha value is -2.48. The lowest BCUT2D eigenvalue weighted by Gasteiger charge is -2.20. The second kappa shape index (κ2) is 10.4. The number of carbonyl (C=O) groups excluding carboxylic acids is 1. The minimum absolute atomic E-state index is 0.0736. The summed E-state index contributed by atoms with van der Waals surface area (Å²) in [6, 6.07) is 12.2. The van der Waals surface area contributed by atoms with Crippen molar-refractivity contribution in [1.82, 2.24) is 5.32 Å². The predicted molar refractivity (Wildman–Crippen MR) is 129 cm³/mol. The Balaban J connectivity index is 1.98. The van der Waals surface area contributed by atoms with Gasteiger partial charge in [-0.3, -0.25) is 9.59 Å². The molecule has 1 amide bonds.